The average molecular weight is 394 g/mol. The molecule has 29 heavy (non-hydrogen) atoms. The van der Waals surface area contributed by atoms with Gasteiger partial charge in [-0.25, -0.2) is 4.79 Å². The summed E-state index contributed by atoms with van der Waals surface area (Å²) in [6, 6.07) is 10.8. The zero-order valence-electron chi connectivity index (χ0n) is 16.2. The fourth-order valence-electron chi connectivity index (χ4n) is 3.33. The smallest absolute Gasteiger partial charge is 0.319 e. The molecule has 1 aromatic heterocycles. The molecular weight excluding hydrogens is 372 g/mol. The number of carbonyl (C=O) groups is 2. The van der Waals surface area contributed by atoms with E-state index in [1.807, 2.05) is 24.4 Å². The summed E-state index contributed by atoms with van der Waals surface area (Å²) in [6.45, 7) is 0.499. The molecule has 0 bridgehead atoms. The van der Waals surface area contributed by atoms with Crippen molar-refractivity contribution in [1.29, 1.82) is 0 Å². The zero-order chi connectivity index (χ0) is 20.4. The van der Waals surface area contributed by atoms with Gasteiger partial charge in [-0.05, 0) is 48.4 Å². The number of amides is 3. The van der Waals surface area contributed by atoms with E-state index in [0.717, 1.165) is 22.2 Å². The molecule has 1 aliphatic rings. The molecule has 1 aliphatic heterocycles. The number of hydrogen-bond donors (Lipinski definition) is 3. The summed E-state index contributed by atoms with van der Waals surface area (Å²) in [4.78, 5) is 28.8. The second kappa shape index (κ2) is 7.75. The third-order valence-corrected chi connectivity index (χ3v) is 4.96. The van der Waals surface area contributed by atoms with Crippen LogP contribution in [-0.2, 0) is 11.2 Å². The van der Waals surface area contributed by atoms with Crippen LogP contribution in [0.15, 0.2) is 42.6 Å². The van der Waals surface area contributed by atoms with Gasteiger partial charge in [0.25, 0.3) is 5.91 Å². The quantitative estimate of drug-likeness (QED) is 0.620. The Balaban J connectivity index is 1.36. The fourth-order valence-corrected chi connectivity index (χ4v) is 3.33. The average Bonchev–Trinajstić information content (AvgIpc) is 3.13. The Kier molecular flexibility index (Phi) is 4.99. The number of ether oxygens (including phenoxy) is 2. The van der Waals surface area contributed by atoms with Crippen molar-refractivity contribution in [2.75, 3.05) is 37.5 Å². The summed E-state index contributed by atoms with van der Waals surface area (Å²) in [5.41, 5.74) is 3.35. The third kappa shape index (κ3) is 3.82. The van der Waals surface area contributed by atoms with Gasteiger partial charge in [-0.3, -0.25) is 4.79 Å². The number of urea groups is 1. The molecule has 3 amide bonds. The lowest BCUT2D eigenvalue weighted by Gasteiger charge is -2.26. The molecule has 0 spiro atoms. The minimum Gasteiger partial charge on any atom is -0.497 e. The van der Waals surface area contributed by atoms with Crippen molar-refractivity contribution in [2.45, 2.75) is 6.42 Å². The minimum absolute atomic E-state index is 0.0243. The van der Waals surface area contributed by atoms with E-state index in [1.54, 1.807) is 32.4 Å². The first-order valence-corrected chi connectivity index (χ1v) is 9.27. The van der Waals surface area contributed by atoms with E-state index in [-0.39, 0.29) is 18.5 Å². The van der Waals surface area contributed by atoms with Gasteiger partial charge in [0.1, 0.15) is 11.5 Å². The predicted molar refractivity (Wildman–Crippen MR) is 111 cm³/mol. The van der Waals surface area contributed by atoms with Gasteiger partial charge in [0.2, 0.25) is 0 Å². The number of nitrogens with zero attached hydrogens (tertiary/aromatic N) is 1. The van der Waals surface area contributed by atoms with E-state index in [4.69, 9.17) is 9.47 Å². The van der Waals surface area contributed by atoms with E-state index < -0.39 is 0 Å². The lowest BCUT2D eigenvalue weighted by atomic mass is 10.1. The molecule has 2 aromatic carbocycles. The third-order valence-electron chi connectivity index (χ3n) is 4.96. The molecule has 2 heterocycles. The minimum atomic E-state index is -0.312. The highest BCUT2D eigenvalue weighted by atomic mass is 16.5. The number of benzene rings is 2. The van der Waals surface area contributed by atoms with Crippen molar-refractivity contribution in [1.82, 2.24) is 10.3 Å². The van der Waals surface area contributed by atoms with Crippen LogP contribution < -0.4 is 25.0 Å². The number of fused-ring (bicyclic) bond motifs is 2. The van der Waals surface area contributed by atoms with Gasteiger partial charge in [0, 0.05) is 36.4 Å². The van der Waals surface area contributed by atoms with Crippen LogP contribution in [-0.4, -0.2) is 44.2 Å². The summed E-state index contributed by atoms with van der Waals surface area (Å²) < 4.78 is 10.7. The first-order valence-electron chi connectivity index (χ1n) is 9.27. The normalized spacial score (nSPS) is 13.0. The highest BCUT2D eigenvalue weighted by Gasteiger charge is 2.22. The van der Waals surface area contributed by atoms with Crippen molar-refractivity contribution in [3.63, 3.8) is 0 Å². The maximum absolute atomic E-state index is 12.3. The van der Waals surface area contributed by atoms with Crippen LogP contribution in [0.5, 0.6) is 11.5 Å². The van der Waals surface area contributed by atoms with Crippen LogP contribution in [0.3, 0.4) is 0 Å². The van der Waals surface area contributed by atoms with E-state index in [9.17, 15) is 9.59 Å². The van der Waals surface area contributed by atoms with Crippen LogP contribution in [0.25, 0.3) is 10.9 Å². The molecule has 3 aromatic rings. The standard InChI is InChI=1S/C21H22N4O4/c1-25-18-9-14(3-6-19(18)29-12-20(25)26)24-21(27)22-8-7-13-11-23-17-5-4-15(28-2)10-16(13)17/h3-6,9-11,23H,7-8,12H2,1-2H3,(H2,22,24,27). The van der Waals surface area contributed by atoms with Crippen LogP contribution in [0.1, 0.15) is 5.56 Å². The Hall–Kier alpha value is -3.68. The Morgan fingerprint density at radius 3 is 2.97 bits per heavy atom. The number of rotatable bonds is 5. The molecule has 0 fully saturated rings. The number of likely N-dealkylation sites (N-methyl/N-ethyl adjacent to an activating group) is 1. The van der Waals surface area contributed by atoms with E-state index in [2.05, 4.69) is 15.6 Å². The second-order valence-corrected chi connectivity index (χ2v) is 6.78. The van der Waals surface area contributed by atoms with Crippen LogP contribution in [0.4, 0.5) is 16.2 Å². The summed E-state index contributed by atoms with van der Waals surface area (Å²) in [7, 11) is 3.32. The maximum Gasteiger partial charge on any atom is 0.319 e. The van der Waals surface area contributed by atoms with Crippen molar-refractivity contribution in [3.05, 3.63) is 48.2 Å². The van der Waals surface area contributed by atoms with Gasteiger partial charge in [-0.1, -0.05) is 0 Å². The summed E-state index contributed by atoms with van der Waals surface area (Å²) in [6.07, 6.45) is 2.62. The first kappa shape index (κ1) is 18.7. The Morgan fingerprint density at radius 1 is 1.28 bits per heavy atom. The highest BCUT2D eigenvalue weighted by molar-refractivity contribution is 5.99. The van der Waals surface area contributed by atoms with Gasteiger partial charge in [-0.2, -0.15) is 0 Å². The molecule has 8 nitrogen and oxygen atoms in total. The Bertz CT molecular complexity index is 1080. The number of aromatic nitrogens is 1. The van der Waals surface area contributed by atoms with Crippen LogP contribution >= 0.6 is 0 Å². The predicted octanol–water partition coefficient (Wildman–Crippen LogP) is 2.90. The molecule has 3 N–H and O–H groups in total. The number of methoxy groups -OCH3 is 1. The van der Waals surface area contributed by atoms with Gasteiger partial charge in [-0.15, -0.1) is 0 Å². The van der Waals surface area contributed by atoms with Crippen molar-refractivity contribution in [2.24, 2.45) is 0 Å². The van der Waals surface area contributed by atoms with E-state index >= 15 is 0 Å². The fraction of sp³-hybridized carbons (Fsp3) is 0.238. The first-order chi connectivity index (χ1) is 14.0. The molecule has 150 valence electrons. The Morgan fingerprint density at radius 2 is 2.14 bits per heavy atom. The van der Waals surface area contributed by atoms with Crippen LogP contribution in [0, 0.1) is 0 Å². The molecule has 0 radical (unpaired) electrons. The van der Waals surface area contributed by atoms with Gasteiger partial charge in [0.15, 0.2) is 6.61 Å². The summed E-state index contributed by atoms with van der Waals surface area (Å²) in [5, 5.41) is 6.73. The van der Waals surface area contributed by atoms with Gasteiger partial charge < -0.3 is 30.0 Å². The number of hydrogen-bond acceptors (Lipinski definition) is 4. The SMILES string of the molecule is COc1ccc2[nH]cc(CCNC(=O)Nc3ccc4c(c3)N(C)C(=O)CO4)c2c1. The molecule has 0 atom stereocenters. The number of nitrogens with one attached hydrogen (secondary N) is 3. The van der Waals surface area contributed by atoms with Gasteiger partial charge >= 0.3 is 6.03 Å². The Labute approximate surface area is 167 Å². The largest absolute Gasteiger partial charge is 0.497 e. The lowest BCUT2D eigenvalue weighted by Crippen LogP contribution is -2.35. The molecular formula is C21H22N4O4. The molecule has 4 rings (SSSR count). The zero-order valence-corrected chi connectivity index (χ0v) is 16.2. The lowest BCUT2D eigenvalue weighted by molar-refractivity contribution is -0.120. The van der Waals surface area contributed by atoms with Crippen molar-refractivity contribution < 1.29 is 19.1 Å². The molecule has 0 unspecified atom stereocenters. The topological polar surface area (TPSA) is 95.7 Å². The number of H-pyrrole nitrogens is 1. The number of carbonyl (C=O) groups excluding carboxylic acids is 2. The van der Waals surface area contributed by atoms with Crippen LogP contribution in [0.2, 0.25) is 0 Å². The molecule has 0 aliphatic carbocycles. The maximum atomic E-state index is 12.3. The summed E-state index contributed by atoms with van der Waals surface area (Å²) in [5.74, 6) is 1.28. The number of aromatic amines is 1. The second-order valence-electron chi connectivity index (χ2n) is 6.78. The van der Waals surface area contributed by atoms with Crippen molar-refractivity contribution in [3.8, 4) is 11.5 Å². The molecule has 0 saturated heterocycles. The highest BCUT2D eigenvalue weighted by Crippen LogP contribution is 2.33. The van der Waals surface area contributed by atoms with Gasteiger partial charge in [0.05, 0.1) is 12.8 Å². The van der Waals surface area contributed by atoms with E-state index in [1.165, 1.54) is 4.90 Å². The van der Waals surface area contributed by atoms with Crippen molar-refractivity contribution >= 4 is 34.2 Å². The van der Waals surface area contributed by atoms with E-state index in [0.29, 0.717) is 30.1 Å². The molecule has 0 saturated carbocycles. The monoisotopic (exact) mass is 394 g/mol. The molecule has 8 heteroatoms. The summed E-state index contributed by atoms with van der Waals surface area (Å²) >= 11 is 0. The number of anilines is 2.